The van der Waals surface area contributed by atoms with E-state index in [2.05, 4.69) is 5.16 Å². The smallest absolute Gasteiger partial charge is 0.281 e. The number of ether oxygens (including phenoxy) is 2. The zero-order chi connectivity index (χ0) is 20.7. The molecular weight excluding hydrogens is 387 g/mol. The monoisotopic (exact) mass is 404 g/mol. The number of halogens is 1. The summed E-state index contributed by atoms with van der Waals surface area (Å²) in [6.45, 7) is 0.382. The van der Waals surface area contributed by atoms with Crippen molar-refractivity contribution in [2.24, 2.45) is 5.16 Å². The van der Waals surface area contributed by atoms with Gasteiger partial charge in [-0.15, -0.1) is 0 Å². The highest BCUT2D eigenvalue weighted by atomic mass is 19.1. The van der Waals surface area contributed by atoms with Crippen LogP contribution in [0.5, 0.6) is 5.75 Å². The molecule has 6 nitrogen and oxygen atoms in total. The molecule has 3 aromatic rings. The van der Waals surface area contributed by atoms with Gasteiger partial charge in [0.2, 0.25) is 0 Å². The Morgan fingerprint density at radius 1 is 1.07 bits per heavy atom. The zero-order valence-electron chi connectivity index (χ0n) is 15.8. The highest BCUT2D eigenvalue weighted by Gasteiger charge is 2.36. The van der Waals surface area contributed by atoms with Crippen molar-refractivity contribution in [1.29, 1.82) is 0 Å². The summed E-state index contributed by atoms with van der Waals surface area (Å²) in [4.78, 5) is 14.5. The number of anilines is 1. The summed E-state index contributed by atoms with van der Waals surface area (Å²) >= 11 is 0. The van der Waals surface area contributed by atoms with Crippen molar-refractivity contribution in [3.63, 3.8) is 0 Å². The molecule has 1 amide bonds. The summed E-state index contributed by atoms with van der Waals surface area (Å²) in [6, 6.07) is 18.0. The lowest BCUT2D eigenvalue weighted by Crippen LogP contribution is -2.30. The molecule has 30 heavy (non-hydrogen) atoms. The summed E-state index contributed by atoms with van der Waals surface area (Å²) in [7, 11) is 0. The minimum atomic E-state index is -0.456. The van der Waals surface area contributed by atoms with Crippen molar-refractivity contribution in [1.82, 2.24) is 0 Å². The second-order valence-electron chi connectivity index (χ2n) is 7.10. The fraction of sp³-hybridized carbons (Fsp3) is 0.130. The van der Waals surface area contributed by atoms with Crippen LogP contribution in [0.3, 0.4) is 0 Å². The molecule has 0 unspecified atom stereocenters. The molecule has 0 bridgehead atoms. The lowest BCUT2D eigenvalue weighted by Gasteiger charge is -2.24. The fourth-order valence-electron chi connectivity index (χ4n) is 3.92. The number of carbonyl (C=O) groups is 1. The summed E-state index contributed by atoms with van der Waals surface area (Å²) in [5, 5.41) is 12.6. The molecule has 3 aromatic carbocycles. The Morgan fingerprint density at radius 2 is 1.90 bits per heavy atom. The Hall–Kier alpha value is -3.71. The van der Waals surface area contributed by atoms with Gasteiger partial charge in [0.25, 0.3) is 5.91 Å². The van der Waals surface area contributed by atoms with Crippen LogP contribution in [0.15, 0.2) is 65.8 Å². The molecule has 0 aromatic heterocycles. The van der Waals surface area contributed by atoms with E-state index < -0.39 is 11.7 Å². The first kappa shape index (κ1) is 18.3. The predicted octanol–water partition coefficient (Wildman–Crippen LogP) is 4.08. The number of hydrogen-bond acceptors (Lipinski definition) is 5. The lowest BCUT2D eigenvalue weighted by molar-refractivity contribution is -0.112. The van der Waals surface area contributed by atoms with Crippen LogP contribution in [-0.4, -0.2) is 23.6 Å². The summed E-state index contributed by atoms with van der Waals surface area (Å²) in [5.41, 5.74) is 4.10. The van der Waals surface area contributed by atoms with Crippen LogP contribution in [0.2, 0.25) is 0 Å². The molecule has 0 saturated heterocycles. The third-order valence-corrected chi connectivity index (χ3v) is 5.28. The molecule has 0 radical (unpaired) electrons. The van der Waals surface area contributed by atoms with E-state index in [1.54, 1.807) is 6.07 Å². The van der Waals surface area contributed by atoms with Gasteiger partial charge in [-0.25, -0.2) is 4.39 Å². The highest BCUT2D eigenvalue weighted by molar-refractivity contribution is 6.54. The molecule has 1 N–H and O–H groups in total. The molecule has 2 heterocycles. The van der Waals surface area contributed by atoms with Gasteiger partial charge in [-0.3, -0.25) is 4.79 Å². The van der Waals surface area contributed by atoms with Crippen LogP contribution in [0.25, 0.3) is 11.1 Å². The van der Waals surface area contributed by atoms with Crippen molar-refractivity contribution in [3.8, 4) is 16.9 Å². The molecule has 5 rings (SSSR count). The molecule has 2 aliphatic heterocycles. The van der Waals surface area contributed by atoms with Crippen LogP contribution in [0.1, 0.15) is 16.7 Å². The molecule has 2 aliphatic rings. The minimum absolute atomic E-state index is 0.0425. The Kier molecular flexibility index (Phi) is 4.44. The normalized spacial score (nSPS) is 16.4. The fourth-order valence-corrected chi connectivity index (χ4v) is 3.92. The third-order valence-electron chi connectivity index (χ3n) is 5.28. The SMILES string of the molecule is O=C1/C(=N\O)c2ccc(-c3ccccc3)cc2N1Cc1cc(F)cc2c1OCOC2. The van der Waals surface area contributed by atoms with Gasteiger partial charge in [0.15, 0.2) is 12.5 Å². The maximum Gasteiger partial charge on any atom is 0.281 e. The maximum atomic E-state index is 14.2. The van der Waals surface area contributed by atoms with Gasteiger partial charge in [-0.05, 0) is 35.4 Å². The summed E-state index contributed by atoms with van der Waals surface area (Å²) in [6.07, 6.45) is 0. The van der Waals surface area contributed by atoms with Gasteiger partial charge in [-0.1, -0.05) is 41.6 Å². The van der Waals surface area contributed by atoms with Gasteiger partial charge < -0.3 is 19.6 Å². The van der Waals surface area contributed by atoms with Crippen molar-refractivity contribution < 1.29 is 23.9 Å². The van der Waals surface area contributed by atoms with E-state index in [1.807, 2.05) is 42.5 Å². The molecule has 0 atom stereocenters. The number of fused-ring (bicyclic) bond motifs is 2. The predicted molar refractivity (Wildman–Crippen MR) is 108 cm³/mol. The van der Waals surface area contributed by atoms with Crippen LogP contribution in [0, 0.1) is 5.82 Å². The first-order chi connectivity index (χ1) is 14.7. The number of carbonyl (C=O) groups excluding carboxylic acids is 1. The topological polar surface area (TPSA) is 71.4 Å². The highest BCUT2D eigenvalue weighted by Crippen LogP contribution is 2.37. The number of oxime groups is 1. The van der Waals surface area contributed by atoms with Gasteiger partial charge in [0.05, 0.1) is 18.8 Å². The second-order valence-corrected chi connectivity index (χ2v) is 7.10. The Balaban J connectivity index is 1.59. The average Bonchev–Trinajstić information content (AvgIpc) is 3.04. The third kappa shape index (κ3) is 3.00. The van der Waals surface area contributed by atoms with E-state index in [-0.39, 0.29) is 25.7 Å². The number of nitrogens with zero attached hydrogens (tertiary/aromatic N) is 2. The second kappa shape index (κ2) is 7.27. The summed E-state index contributed by atoms with van der Waals surface area (Å²) < 4.78 is 25.0. The molecule has 0 saturated carbocycles. The largest absolute Gasteiger partial charge is 0.467 e. The quantitative estimate of drug-likeness (QED) is 0.527. The van der Waals surface area contributed by atoms with Crippen LogP contribution in [-0.2, 0) is 22.7 Å². The molecule has 7 heteroatoms. The Morgan fingerprint density at radius 3 is 2.70 bits per heavy atom. The molecule has 0 aliphatic carbocycles. The molecular formula is C23H17FN2O4. The first-order valence-electron chi connectivity index (χ1n) is 9.41. The van der Waals surface area contributed by atoms with Gasteiger partial charge in [-0.2, -0.15) is 0 Å². The van der Waals surface area contributed by atoms with E-state index in [9.17, 15) is 14.4 Å². The van der Waals surface area contributed by atoms with Crippen molar-refractivity contribution >= 4 is 17.3 Å². The van der Waals surface area contributed by atoms with E-state index in [0.717, 1.165) is 11.1 Å². The number of amides is 1. The van der Waals surface area contributed by atoms with Crippen LogP contribution in [0.4, 0.5) is 10.1 Å². The zero-order valence-corrected chi connectivity index (χ0v) is 15.8. The van der Waals surface area contributed by atoms with E-state index in [1.165, 1.54) is 17.0 Å². The lowest BCUT2D eigenvalue weighted by atomic mass is 10.0. The van der Waals surface area contributed by atoms with Crippen LogP contribution < -0.4 is 9.64 Å². The molecule has 150 valence electrons. The summed E-state index contributed by atoms with van der Waals surface area (Å²) in [5.74, 6) is -0.368. The van der Waals surface area contributed by atoms with Crippen molar-refractivity contribution in [3.05, 3.63) is 83.2 Å². The number of hydrogen-bond donors (Lipinski definition) is 1. The molecule has 0 spiro atoms. The van der Waals surface area contributed by atoms with Gasteiger partial charge in [0, 0.05) is 16.7 Å². The average molecular weight is 404 g/mol. The molecule has 0 fully saturated rings. The minimum Gasteiger partial charge on any atom is -0.467 e. The standard InChI is InChI=1S/C23H17FN2O4/c24-18-8-16(22-17(9-18)12-29-13-30-22)11-26-20-10-15(14-4-2-1-3-5-14)6-7-19(20)21(25-28)23(26)27/h1-10,28H,11-13H2/b25-21-. The number of rotatable bonds is 3. The van der Waals surface area contributed by atoms with Crippen LogP contribution >= 0.6 is 0 Å². The Bertz CT molecular complexity index is 1180. The van der Waals surface area contributed by atoms with Gasteiger partial charge >= 0.3 is 0 Å². The first-order valence-corrected chi connectivity index (χ1v) is 9.41. The van der Waals surface area contributed by atoms with E-state index >= 15 is 0 Å². The Labute approximate surface area is 171 Å². The van der Waals surface area contributed by atoms with Crippen molar-refractivity contribution in [2.45, 2.75) is 13.2 Å². The van der Waals surface area contributed by atoms with E-state index in [4.69, 9.17) is 9.47 Å². The van der Waals surface area contributed by atoms with Crippen molar-refractivity contribution in [2.75, 3.05) is 11.7 Å². The number of benzene rings is 3. The van der Waals surface area contributed by atoms with E-state index in [0.29, 0.717) is 28.1 Å². The maximum absolute atomic E-state index is 14.2. The van der Waals surface area contributed by atoms with Gasteiger partial charge in [0.1, 0.15) is 11.6 Å².